The fourth-order valence-electron chi connectivity index (χ4n) is 0.900. The van der Waals surface area contributed by atoms with Gasteiger partial charge in [-0.25, -0.2) is 13.2 Å². The summed E-state index contributed by atoms with van der Waals surface area (Å²) >= 11 is 5.57. The molecule has 1 rings (SSSR count). The summed E-state index contributed by atoms with van der Waals surface area (Å²) in [5.74, 6) is -1.21. The topological polar surface area (TPSA) is 71.4 Å². The Morgan fingerprint density at radius 3 is 2.36 bits per heavy atom. The lowest BCUT2D eigenvalue weighted by molar-refractivity contribution is 0.0696. The van der Waals surface area contributed by atoms with Crippen LogP contribution in [0.4, 0.5) is 0 Å². The van der Waals surface area contributed by atoms with Crippen molar-refractivity contribution < 1.29 is 18.3 Å². The molecule has 1 aromatic carbocycles. The molecular weight excluding hydrogens is 228 g/mol. The standard InChI is InChI=1S/C8H7ClO4S/c1-14(12,13)7-3-5(8(10)11)2-6(9)4-7/h2-4H,1H3,(H,10,11). The number of carboxylic acids is 1. The van der Waals surface area contributed by atoms with E-state index in [0.717, 1.165) is 12.3 Å². The molecule has 6 heteroatoms. The van der Waals surface area contributed by atoms with Gasteiger partial charge in [-0.15, -0.1) is 0 Å². The van der Waals surface area contributed by atoms with Crippen molar-refractivity contribution in [3.63, 3.8) is 0 Å². The summed E-state index contributed by atoms with van der Waals surface area (Å²) in [5, 5.41) is 8.73. The lowest BCUT2D eigenvalue weighted by Crippen LogP contribution is -2.02. The molecule has 14 heavy (non-hydrogen) atoms. The van der Waals surface area contributed by atoms with Gasteiger partial charge in [0.05, 0.1) is 10.5 Å². The zero-order valence-electron chi connectivity index (χ0n) is 7.19. The normalized spacial score (nSPS) is 11.3. The summed E-state index contributed by atoms with van der Waals surface area (Å²) in [6.07, 6.45) is 0.990. The third-order valence-electron chi connectivity index (χ3n) is 1.55. The molecule has 0 saturated carbocycles. The van der Waals surface area contributed by atoms with Crippen molar-refractivity contribution in [2.45, 2.75) is 4.90 Å². The first kappa shape index (κ1) is 11.0. The molecule has 0 aliphatic heterocycles. The van der Waals surface area contributed by atoms with E-state index in [4.69, 9.17) is 16.7 Å². The van der Waals surface area contributed by atoms with Gasteiger partial charge in [0.1, 0.15) is 0 Å². The van der Waals surface area contributed by atoms with Crippen LogP contribution in [-0.4, -0.2) is 25.7 Å². The lowest BCUT2D eigenvalue weighted by Gasteiger charge is -2.01. The minimum Gasteiger partial charge on any atom is -0.478 e. The Kier molecular flexibility index (Phi) is 2.82. The Labute approximate surface area is 86.0 Å². The molecule has 0 aromatic heterocycles. The number of carbonyl (C=O) groups is 1. The van der Waals surface area contributed by atoms with Crippen molar-refractivity contribution in [1.82, 2.24) is 0 Å². The SMILES string of the molecule is CS(=O)(=O)c1cc(Cl)cc(C(=O)O)c1. The molecular formula is C8H7ClO4S. The fraction of sp³-hybridized carbons (Fsp3) is 0.125. The average Bonchev–Trinajstić information content (AvgIpc) is 2.01. The number of aromatic carboxylic acids is 1. The molecule has 4 nitrogen and oxygen atoms in total. The van der Waals surface area contributed by atoms with Crippen molar-refractivity contribution in [1.29, 1.82) is 0 Å². The van der Waals surface area contributed by atoms with Gasteiger partial charge in [-0.2, -0.15) is 0 Å². The van der Waals surface area contributed by atoms with Crippen molar-refractivity contribution in [3.8, 4) is 0 Å². The maximum atomic E-state index is 11.1. The van der Waals surface area contributed by atoms with Crippen LogP contribution in [0.15, 0.2) is 23.1 Å². The summed E-state index contributed by atoms with van der Waals surface area (Å²) in [6, 6.07) is 3.48. The van der Waals surface area contributed by atoms with Crippen LogP contribution in [0.1, 0.15) is 10.4 Å². The minimum absolute atomic E-state index is 0.0883. The first-order chi connectivity index (χ1) is 6.30. The predicted molar refractivity (Wildman–Crippen MR) is 51.5 cm³/mol. The Balaban J connectivity index is 3.43. The third kappa shape index (κ3) is 2.46. The van der Waals surface area contributed by atoms with Crippen molar-refractivity contribution in [2.24, 2.45) is 0 Å². The summed E-state index contributed by atoms with van der Waals surface area (Å²) in [5.41, 5.74) is -0.141. The van der Waals surface area contributed by atoms with Crippen LogP contribution >= 0.6 is 11.6 Å². The average molecular weight is 235 g/mol. The van der Waals surface area contributed by atoms with Crippen LogP contribution in [0.2, 0.25) is 5.02 Å². The number of hydrogen-bond acceptors (Lipinski definition) is 3. The van der Waals surface area contributed by atoms with Gasteiger partial charge in [0.25, 0.3) is 0 Å². The number of benzene rings is 1. The first-order valence-corrected chi connectivity index (χ1v) is 5.81. The van der Waals surface area contributed by atoms with E-state index in [1.165, 1.54) is 12.1 Å². The highest BCUT2D eigenvalue weighted by Crippen LogP contribution is 2.18. The summed E-state index contributed by atoms with van der Waals surface area (Å²) in [6.45, 7) is 0. The number of halogens is 1. The van der Waals surface area contributed by atoms with Gasteiger partial charge in [0.15, 0.2) is 9.84 Å². The maximum Gasteiger partial charge on any atom is 0.335 e. The first-order valence-electron chi connectivity index (χ1n) is 3.54. The number of carboxylic acid groups (broad SMARTS) is 1. The zero-order valence-corrected chi connectivity index (χ0v) is 8.76. The highest BCUT2D eigenvalue weighted by Gasteiger charge is 2.12. The molecule has 0 unspecified atom stereocenters. The van der Waals surface area contributed by atoms with Gasteiger partial charge in [0.2, 0.25) is 0 Å². The van der Waals surface area contributed by atoms with Crippen molar-refractivity contribution in [2.75, 3.05) is 6.26 Å². The summed E-state index contributed by atoms with van der Waals surface area (Å²) in [7, 11) is -3.43. The van der Waals surface area contributed by atoms with E-state index in [9.17, 15) is 13.2 Å². The highest BCUT2D eigenvalue weighted by molar-refractivity contribution is 7.90. The van der Waals surface area contributed by atoms with Gasteiger partial charge >= 0.3 is 5.97 Å². The van der Waals surface area contributed by atoms with Crippen LogP contribution in [-0.2, 0) is 9.84 Å². The predicted octanol–water partition coefficient (Wildman–Crippen LogP) is 1.44. The minimum atomic E-state index is -3.43. The van der Waals surface area contributed by atoms with E-state index in [2.05, 4.69) is 0 Å². The lowest BCUT2D eigenvalue weighted by atomic mass is 10.2. The molecule has 0 radical (unpaired) electrons. The van der Waals surface area contributed by atoms with Gasteiger partial charge in [-0.3, -0.25) is 0 Å². The molecule has 76 valence electrons. The van der Waals surface area contributed by atoms with Crippen LogP contribution in [0.3, 0.4) is 0 Å². The van der Waals surface area contributed by atoms with Gasteiger partial charge in [-0.05, 0) is 18.2 Å². The molecule has 0 fully saturated rings. The molecule has 0 saturated heterocycles. The van der Waals surface area contributed by atoms with Crippen molar-refractivity contribution in [3.05, 3.63) is 28.8 Å². The third-order valence-corrected chi connectivity index (χ3v) is 2.86. The molecule has 0 aliphatic carbocycles. The molecule has 0 spiro atoms. The number of hydrogen-bond donors (Lipinski definition) is 1. The second kappa shape index (κ2) is 3.59. The van der Waals surface area contributed by atoms with Crippen molar-refractivity contribution >= 4 is 27.4 Å². The maximum absolute atomic E-state index is 11.1. The van der Waals surface area contributed by atoms with E-state index >= 15 is 0 Å². The van der Waals surface area contributed by atoms with Gasteiger partial charge < -0.3 is 5.11 Å². The second-order valence-electron chi connectivity index (χ2n) is 2.75. The largest absolute Gasteiger partial charge is 0.478 e. The Morgan fingerprint density at radius 2 is 1.93 bits per heavy atom. The molecule has 1 aromatic rings. The van der Waals surface area contributed by atoms with Crippen LogP contribution in [0, 0.1) is 0 Å². The number of rotatable bonds is 2. The zero-order chi connectivity index (χ0) is 10.9. The quantitative estimate of drug-likeness (QED) is 0.841. The van der Waals surface area contributed by atoms with E-state index in [1.807, 2.05) is 0 Å². The molecule has 0 aliphatic rings. The Morgan fingerprint density at radius 1 is 1.36 bits per heavy atom. The Hall–Kier alpha value is -1.07. The van der Waals surface area contributed by atoms with E-state index in [1.54, 1.807) is 0 Å². The molecule has 0 amide bonds. The molecule has 1 N–H and O–H groups in total. The number of sulfone groups is 1. The van der Waals surface area contributed by atoms with Gasteiger partial charge in [0, 0.05) is 11.3 Å². The van der Waals surface area contributed by atoms with E-state index in [-0.39, 0.29) is 15.5 Å². The van der Waals surface area contributed by atoms with Gasteiger partial charge in [-0.1, -0.05) is 11.6 Å². The monoisotopic (exact) mass is 234 g/mol. The smallest absolute Gasteiger partial charge is 0.335 e. The summed E-state index contributed by atoms with van der Waals surface area (Å²) in [4.78, 5) is 10.5. The summed E-state index contributed by atoms with van der Waals surface area (Å²) < 4.78 is 22.2. The molecule has 0 bridgehead atoms. The molecule has 0 heterocycles. The van der Waals surface area contributed by atoms with Crippen LogP contribution in [0.5, 0.6) is 0 Å². The van der Waals surface area contributed by atoms with Crippen LogP contribution < -0.4 is 0 Å². The Bertz CT molecular complexity index is 478. The molecule has 0 atom stereocenters. The highest BCUT2D eigenvalue weighted by atomic mass is 35.5. The van der Waals surface area contributed by atoms with E-state index < -0.39 is 15.8 Å². The second-order valence-corrected chi connectivity index (χ2v) is 5.21. The fourth-order valence-corrected chi connectivity index (χ4v) is 1.88. The van der Waals surface area contributed by atoms with E-state index in [0.29, 0.717) is 0 Å². The van der Waals surface area contributed by atoms with Crippen LogP contribution in [0.25, 0.3) is 0 Å².